The topological polar surface area (TPSA) is 45.4 Å². The summed E-state index contributed by atoms with van der Waals surface area (Å²) < 4.78 is 0. The fourth-order valence-electron chi connectivity index (χ4n) is 2.84. The van der Waals surface area contributed by atoms with Crippen LogP contribution >= 0.6 is 0 Å². The summed E-state index contributed by atoms with van der Waals surface area (Å²) in [6, 6.07) is 4.93. The summed E-state index contributed by atoms with van der Waals surface area (Å²) in [7, 11) is 0. The van der Waals surface area contributed by atoms with Crippen molar-refractivity contribution in [2.45, 2.75) is 39.3 Å². The number of nitrogens with zero attached hydrogens (tertiary/aromatic N) is 3. The SMILES string of the molecule is CCN(CC)C1CCN(c2ccc([C@H](C)N)cn2)C1. The Bertz CT molecular complexity index is 384. The summed E-state index contributed by atoms with van der Waals surface area (Å²) in [5.74, 6) is 1.08. The van der Waals surface area contributed by atoms with E-state index in [1.165, 1.54) is 6.42 Å². The highest BCUT2D eigenvalue weighted by Gasteiger charge is 2.26. The van der Waals surface area contributed by atoms with Gasteiger partial charge in [-0.2, -0.15) is 0 Å². The minimum atomic E-state index is 0.0588. The van der Waals surface area contributed by atoms with E-state index in [1.807, 2.05) is 13.1 Å². The van der Waals surface area contributed by atoms with Gasteiger partial charge in [0.25, 0.3) is 0 Å². The van der Waals surface area contributed by atoms with Crippen LogP contribution in [-0.4, -0.2) is 42.1 Å². The maximum absolute atomic E-state index is 5.85. The van der Waals surface area contributed by atoms with Crippen LogP contribution in [0.25, 0.3) is 0 Å². The van der Waals surface area contributed by atoms with Crippen molar-refractivity contribution in [3.63, 3.8) is 0 Å². The quantitative estimate of drug-likeness (QED) is 0.882. The lowest BCUT2D eigenvalue weighted by Crippen LogP contribution is -2.37. The van der Waals surface area contributed by atoms with Crippen molar-refractivity contribution < 1.29 is 0 Å². The van der Waals surface area contributed by atoms with Gasteiger partial charge in [0.2, 0.25) is 0 Å². The minimum absolute atomic E-state index is 0.0588. The van der Waals surface area contributed by atoms with E-state index in [0.29, 0.717) is 6.04 Å². The highest BCUT2D eigenvalue weighted by molar-refractivity contribution is 5.41. The molecule has 4 nitrogen and oxygen atoms in total. The molecular weight excluding hydrogens is 236 g/mol. The lowest BCUT2D eigenvalue weighted by molar-refractivity contribution is 0.232. The molecule has 1 unspecified atom stereocenters. The molecule has 1 aliphatic rings. The van der Waals surface area contributed by atoms with Gasteiger partial charge in [-0.3, -0.25) is 4.90 Å². The van der Waals surface area contributed by atoms with Crippen LogP contribution in [0.3, 0.4) is 0 Å². The van der Waals surface area contributed by atoms with E-state index in [0.717, 1.165) is 37.6 Å². The second-order valence-electron chi connectivity index (χ2n) is 5.35. The summed E-state index contributed by atoms with van der Waals surface area (Å²) in [6.45, 7) is 10.9. The van der Waals surface area contributed by atoms with Gasteiger partial charge in [0.15, 0.2) is 0 Å². The monoisotopic (exact) mass is 262 g/mol. The number of nitrogens with two attached hydrogens (primary N) is 1. The molecule has 1 aliphatic heterocycles. The van der Waals surface area contributed by atoms with E-state index >= 15 is 0 Å². The summed E-state index contributed by atoms with van der Waals surface area (Å²) in [5, 5.41) is 0. The Balaban J connectivity index is 2.00. The van der Waals surface area contributed by atoms with Gasteiger partial charge in [0.05, 0.1) is 0 Å². The molecule has 0 spiro atoms. The first-order valence-corrected chi connectivity index (χ1v) is 7.36. The zero-order valence-corrected chi connectivity index (χ0v) is 12.3. The normalized spacial score (nSPS) is 21.1. The zero-order chi connectivity index (χ0) is 13.8. The lowest BCUT2D eigenvalue weighted by atomic mass is 10.1. The lowest BCUT2D eigenvalue weighted by Gasteiger charge is -2.26. The number of aromatic nitrogens is 1. The predicted octanol–water partition coefficient (Wildman–Crippen LogP) is 2.02. The van der Waals surface area contributed by atoms with Gasteiger partial charge < -0.3 is 10.6 Å². The molecule has 0 saturated carbocycles. The van der Waals surface area contributed by atoms with Crippen LogP contribution < -0.4 is 10.6 Å². The Kier molecular flexibility index (Phi) is 4.77. The Labute approximate surface area is 116 Å². The molecule has 2 rings (SSSR count). The highest BCUT2D eigenvalue weighted by Crippen LogP contribution is 2.22. The molecule has 4 heteroatoms. The molecular formula is C15H26N4. The summed E-state index contributed by atoms with van der Waals surface area (Å²) in [5.41, 5.74) is 6.96. The molecule has 1 aromatic heterocycles. The van der Waals surface area contributed by atoms with Crippen LogP contribution in [0.4, 0.5) is 5.82 Å². The van der Waals surface area contributed by atoms with E-state index in [9.17, 15) is 0 Å². The van der Waals surface area contributed by atoms with Crippen LogP contribution in [0.15, 0.2) is 18.3 Å². The van der Waals surface area contributed by atoms with Gasteiger partial charge in [-0.25, -0.2) is 4.98 Å². The van der Waals surface area contributed by atoms with Gasteiger partial charge >= 0.3 is 0 Å². The van der Waals surface area contributed by atoms with Gasteiger partial charge in [0, 0.05) is 31.4 Å². The van der Waals surface area contributed by atoms with Crippen molar-refractivity contribution in [2.75, 3.05) is 31.1 Å². The van der Waals surface area contributed by atoms with Crippen molar-refractivity contribution in [3.05, 3.63) is 23.9 Å². The summed E-state index contributed by atoms with van der Waals surface area (Å²) >= 11 is 0. The molecule has 2 heterocycles. The fourth-order valence-corrected chi connectivity index (χ4v) is 2.84. The number of hydrogen-bond donors (Lipinski definition) is 1. The largest absolute Gasteiger partial charge is 0.355 e. The summed E-state index contributed by atoms with van der Waals surface area (Å²) in [6.07, 6.45) is 3.14. The van der Waals surface area contributed by atoms with Crippen LogP contribution in [0.5, 0.6) is 0 Å². The van der Waals surface area contributed by atoms with Crippen molar-refractivity contribution >= 4 is 5.82 Å². The molecule has 0 bridgehead atoms. The molecule has 106 valence electrons. The third-order valence-corrected chi connectivity index (χ3v) is 4.11. The van der Waals surface area contributed by atoms with Gasteiger partial charge in [-0.05, 0) is 38.1 Å². The van der Waals surface area contributed by atoms with Gasteiger partial charge in [-0.15, -0.1) is 0 Å². The van der Waals surface area contributed by atoms with Crippen molar-refractivity contribution in [2.24, 2.45) is 5.73 Å². The van der Waals surface area contributed by atoms with Crippen molar-refractivity contribution in [1.82, 2.24) is 9.88 Å². The molecule has 19 heavy (non-hydrogen) atoms. The number of anilines is 1. The highest BCUT2D eigenvalue weighted by atomic mass is 15.3. The first-order chi connectivity index (χ1) is 9.15. The third-order valence-electron chi connectivity index (χ3n) is 4.11. The van der Waals surface area contributed by atoms with Crippen LogP contribution in [0.2, 0.25) is 0 Å². The van der Waals surface area contributed by atoms with E-state index < -0.39 is 0 Å². The molecule has 1 saturated heterocycles. The van der Waals surface area contributed by atoms with Crippen molar-refractivity contribution in [3.8, 4) is 0 Å². The van der Waals surface area contributed by atoms with Crippen LogP contribution in [0, 0.1) is 0 Å². The Morgan fingerprint density at radius 1 is 1.42 bits per heavy atom. The molecule has 2 N–H and O–H groups in total. The molecule has 0 amide bonds. The van der Waals surface area contributed by atoms with E-state index in [1.54, 1.807) is 0 Å². The maximum atomic E-state index is 5.85. The molecule has 1 fully saturated rings. The third kappa shape index (κ3) is 3.25. The molecule has 2 atom stereocenters. The Morgan fingerprint density at radius 3 is 2.68 bits per heavy atom. The first kappa shape index (κ1) is 14.3. The second-order valence-corrected chi connectivity index (χ2v) is 5.35. The zero-order valence-electron chi connectivity index (χ0n) is 12.3. The average Bonchev–Trinajstić information content (AvgIpc) is 2.90. The number of hydrogen-bond acceptors (Lipinski definition) is 4. The van der Waals surface area contributed by atoms with Crippen LogP contribution in [-0.2, 0) is 0 Å². The Hall–Kier alpha value is -1.13. The molecule has 0 radical (unpaired) electrons. The number of likely N-dealkylation sites (N-methyl/N-ethyl adjacent to an activating group) is 1. The average molecular weight is 262 g/mol. The van der Waals surface area contributed by atoms with E-state index in [-0.39, 0.29) is 6.04 Å². The fraction of sp³-hybridized carbons (Fsp3) is 0.667. The van der Waals surface area contributed by atoms with Gasteiger partial charge in [0.1, 0.15) is 5.82 Å². The van der Waals surface area contributed by atoms with Crippen LogP contribution in [0.1, 0.15) is 38.8 Å². The standard InChI is InChI=1S/C15H26N4/c1-4-18(5-2)14-8-9-19(11-14)15-7-6-13(10-17-15)12(3)16/h6-7,10,12,14H,4-5,8-9,11,16H2,1-3H3/t12-,14?/m0/s1. The number of rotatable bonds is 5. The minimum Gasteiger partial charge on any atom is -0.355 e. The smallest absolute Gasteiger partial charge is 0.128 e. The molecule has 0 aliphatic carbocycles. The predicted molar refractivity (Wildman–Crippen MR) is 80.4 cm³/mol. The van der Waals surface area contributed by atoms with E-state index in [4.69, 9.17) is 5.73 Å². The van der Waals surface area contributed by atoms with E-state index in [2.05, 4.69) is 40.8 Å². The van der Waals surface area contributed by atoms with Gasteiger partial charge in [-0.1, -0.05) is 19.9 Å². The first-order valence-electron chi connectivity index (χ1n) is 7.36. The number of pyridine rings is 1. The maximum Gasteiger partial charge on any atom is 0.128 e. The Morgan fingerprint density at radius 2 is 2.16 bits per heavy atom. The molecule has 0 aromatic carbocycles. The summed E-state index contributed by atoms with van der Waals surface area (Å²) in [4.78, 5) is 9.48. The second kappa shape index (κ2) is 6.35. The van der Waals surface area contributed by atoms with Crippen molar-refractivity contribution in [1.29, 1.82) is 0 Å². The molecule has 1 aromatic rings.